The van der Waals surface area contributed by atoms with Crippen LogP contribution in [0.4, 0.5) is 5.69 Å². The molecule has 0 bridgehead atoms. The number of carbonyl (C=O) groups is 1. The van der Waals surface area contributed by atoms with Crippen molar-refractivity contribution in [3.63, 3.8) is 0 Å². The quantitative estimate of drug-likeness (QED) is 0.856. The molecule has 1 aromatic carbocycles. The number of amides is 1. The Kier molecular flexibility index (Phi) is 5.11. The summed E-state index contributed by atoms with van der Waals surface area (Å²) in [6.45, 7) is 5.56. The van der Waals surface area contributed by atoms with Crippen LogP contribution in [-0.2, 0) is 4.79 Å². The zero-order valence-electron chi connectivity index (χ0n) is 11.9. The molecule has 20 heavy (non-hydrogen) atoms. The van der Waals surface area contributed by atoms with Gasteiger partial charge >= 0.3 is 0 Å². The topological polar surface area (TPSA) is 88.7 Å². The van der Waals surface area contributed by atoms with Gasteiger partial charge in [-0.3, -0.25) is 4.79 Å². The largest absolute Gasteiger partial charge is 0.376 e. The molecule has 2 N–H and O–H groups in total. The van der Waals surface area contributed by atoms with Gasteiger partial charge < -0.3 is 10.6 Å². The van der Waals surface area contributed by atoms with Crippen LogP contribution in [0.15, 0.2) is 24.3 Å². The van der Waals surface area contributed by atoms with Crippen LogP contribution >= 0.6 is 0 Å². The van der Waals surface area contributed by atoms with Crippen molar-refractivity contribution in [2.75, 3.05) is 11.9 Å². The molecule has 0 aliphatic carbocycles. The van der Waals surface area contributed by atoms with E-state index in [2.05, 4.69) is 16.7 Å². The average Bonchev–Trinajstić information content (AvgIpc) is 2.45. The molecule has 5 heteroatoms. The maximum atomic E-state index is 11.8. The van der Waals surface area contributed by atoms with E-state index in [1.165, 1.54) is 0 Å². The molecule has 5 nitrogen and oxygen atoms in total. The van der Waals surface area contributed by atoms with Crippen LogP contribution in [0.25, 0.3) is 0 Å². The summed E-state index contributed by atoms with van der Waals surface area (Å²) >= 11 is 0. The molecule has 104 valence electrons. The predicted octanol–water partition coefficient (Wildman–Crippen LogP) is 2.02. The van der Waals surface area contributed by atoms with E-state index >= 15 is 0 Å². The Labute approximate surface area is 119 Å². The fourth-order valence-electron chi connectivity index (χ4n) is 1.48. The number of anilines is 1. The minimum Gasteiger partial charge on any atom is -0.376 e. The molecular weight excluding hydrogens is 252 g/mol. The summed E-state index contributed by atoms with van der Waals surface area (Å²) in [5.74, 6) is -0.224. The zero-order valence-corrected chi connectivity index (χ0v) is 11.9. The molecule has 0 fully saturated rings. The van der Waals surface area contributed by atoms with Gasteiger partial charge in [0.25, 0.3) is 0 Å². The number of hydrogen-bond donors (Lipinski definition) is 2. The molecule has 1 aromatic rings. The Balaban J connectivity index is 2.55. The fourth-order valence-corrected chi connectivity index (χ4v) is 1.48. The highest BCUT2D eigenvalue weighted by Gasteiger charge is 2.29. The predicted molar refractivity (Wildman–Crippen MR) is 76.6 cm³/mol. The normalized spacial score (nSPS) is 12.9. The first kappa shape index (κ1) is 15.5. The van der Waals surface area contributed by atoms with Crippen molar-refractivity contribution in [2.45, 2.75) is 26.3 Å². The van der Waals surface area contributed by atoms with Crippen molar-refractivity contribution in [3.05, 3.63) is 29.8 Å². The molecule has 0 aromatic heterocycles. The number of carbonyl (C=O) groups excluding carboxylic acids is 1. The first-order valence-electron chi connectivity index (χ1n) is 6.37. The third kappa shape index (κ3) is 4.00. The standard InChI is InChI=1S/C15H18N4O/c1-11(2)15(3,10-17)19-14(20)9-18-13-6-4-12(8-16)5-7-13/h4-7,11,18H,9H2,1-3H3,(H,19,20)/t15-/m1/s1. The molecule has 0 unspecified atom stereocenters. The van der Waals surface area contributed by atoms with Gasteiger partial charge in [-0.05, 0) is 37.1 Å². The van der Waals surface area contributed by atoms with Crippen LogP contribution in [0.1, 0.15) is 26.3 Å². The number of nitrogens with zero attached hydrogens (tertiary/aromatic N) is 2. The lowest BCUT2D eigenvalue weighted by atomic mass is 9.90. The van der Waals surface area contributed by atoms with Crippen molar-refractivity contribution in [3.8, 4) is 12.1 Å². The van der Waals surface area contributed by atoms with Gasteiger partial charge in [0, 0.05) is 5.69 Å². The van der Waals surface area contributed by atoms with Crippen molar-refractivity contribution in [2.24, 2.45) is 5.92 Å². The van der Waals surface area contributed by atoms with Crippen molar-refractivity contribution < 1.29 is 4.79 Å². The summed E-state index contributed by atoms with van der Waals surface area (Å²) in [5, 5.41) is 23.5. The molecule has 0 aliphatic heterocycles. The Morgan fingerprint density at radius 2 is 1.90 bits per heavy atom. The number of nitriles is 2. The number of hydrogen-bond acceptors (Lipinski definition) is 4. The van der Waals surface area contributed by atoms with E-state index in [-0.39, 0.29) is 18.4 Å². The van der Waals surface area contributed by atoms with Crippen LogP contribution in [0.3, 0.4) is 0 Å². The fraction of sp³-hybridized carbons (Fsp3) is 0.400. The van der Waals surface area contributed by atoms with E-state index in [0.717, 1.165) is 5.69 Å². The van der Waals surface area contributed by atoms with Gasteiger partial charge in [0.1, 0.15) is 5.54 Å². The van der Waals surface area contributed by atoms with Crippen LogP contribution in [-0.4, -0.2) is 18.0 Å². The van der Waals surface area contributed by atoms with Crippen LogP contribution < -0.4 is 10.6 Å². The summed E-state index contributed by atoms with van der Waals surface area (Å²) in [7, 11) is 0. The third-order valence-corrected chi connectivity index (χ3v) is 3.25. The zero-order chi connectivity index (χ0) is 15.2. The van der Waals surface area contributed by atoms with Crippen molar-refractivity contribution in [1.29, 1.82) is 10.5 Å². The van der Waals surface area contributed by atoms with Gasteiger partial charge in [0.05, 0.1) is 24.2 Å². The highest BCUT2D eigenvalue weighted by atomic mass is 16.2. The second kappa shape index (κ2) is 6.58. The average molecular weight is 270 g/mol. The van der Waals surface area contributed by atoms with Gasteiger partial charge in [0.2, 0.25) is 5.91 Å². The van der Waals surface area contributed by atoms with E-state index in [1.54, 1.807) is 31.2 Å². The van der Waals surface area contributed by atoms with Gasteiger partial charge in [-0.2, -0.15) is 10.5 Å². The molecule has 0 heterocycles. The molecule has 0 saturated heterocycles. The Hall–Kier alpha value is -2.53. The molecular formula is C15H18N4O. The highest BCUT2D eigenvalue weighted by Crippen LogP contribution is 2.15. The first-order valence-corrected chi connectivity index (χ1v) is 6.37. The summed E-state index contributed by atoms with van der Waals surface area (Å²) < 4.78 is 0. The second-order valence-electron chi connectivity index (χ2n) is 5.06. The van der Waals surface area contributed by atoms with Gasteiger partial charge in [-0.15, -0.1) is 0 Å². The molecule has 1 amide bonds. The summed E-state index contributed by atoms with van der Waals surface area (Å²) in [4.78, 5) is 11.8. The van der Waals surface area contributed by atoms with Gasteiger partial charge in [0.15, 0.2) is 0 Å². The Morgan fingerprint density at radius 1 is 1.30 bits per heavy atom. The van der Waals surface area contributed by atoms with Crippen molar-refractivity contribution in [1.82, 2.24) is 5.32 Å². The van der Waals surface area contributed by atoms with Crippen LogP contribution in [0, 0.1) is 28.6 Å². The van der Waals surface area contributed by atoms with Gasteiger partial charge in [-0.1, -0.05) is 13.8 Å². The van der Waals surface area contributed by atoms with E-state index in [9.17, 15) is 4.79 Å². The number of rotatable bonds is 5. The van der Waals surface area contributed by atoms with Gasteiger partial charge in [-0.25, -0.2) is 0 Å². The van der Waals surface area contributed by atoms with Crippen LogP contribution in [0.2, 0.25) is 0 Å². The molecule has 0 spiro atoms. The highest BCUT2D eigenvalue weighted by molar-refractivity contribution is 5.81. The lowest BCUT2D eigenvalue weighted by molar-refractivity contribution is -0.121. The van der Waals surface area contributed by atoms with Crippen LogP contribution in [0.5, 0.6) is 0 Å². The number of benzene rings is 1. The maximum Gasteiger partial charge on any atom is 0.240 e. The van der Waals surface area contributed by atoms with E-state index < -0.39 is 5.54 Å². The number of nitrogens with one attached hydrogen (secondary N) is 2. The SMILES string of the molecule is CC(C)[C@@](C)(C#N)NC(=O)CNc1ccc(C#N)cc1. The minimum atomic E-state index is -0.872. The molecule has 0 radical (unpaired) electrons. The Bertz CT molecular complexity index is 551. The molecule has 1 atom stereocenters. The molecule has 0 saturated carbocycles. The molecule has 1 rings (SSSR count). The smallest absolute Gasteiger partial charge is 0.240 e. The Morgan fingerprint density at radius 3 is 2.35 bits per heavy atom. The lowest BCUT2D eigenvalue weighted by Crippen LogP contribution is -2.50. The monoisotopic (exact) mass is 270 g/mol. The summed E-state index contributed by atoms with van der Waals surface area (Å²) in [6, 6.07) is 11.0. The first-order chi connectivity index (χ1) is 9.41. The third-order valence-electron chi connectivity index (χ3n) is 3.25. The van der Waals surface area contributed by atoms with E-state index in [1.807, 2.05) is 19.9 Å². The maximum absolute atomic E-state index is 11.8. The lowest BCUT2D eigenvalue weighted by Gasteiger charge is -2.27. The molecule has 0 aliphatic rings. The van der Waals surface area contributed by atoms with E-state index in [4.69, 9.17) is 10.5 Å². The van der Waals surface area contributed by atoms with E-state index in [0.29, 0.717) is 5.56 Å². The second-order valence-corrected chi connectivity index (χ2v) is 5.06. The van der Waals surface area contributed by atoms with Crippen molar-refractivity contribution >= 4 is 11.6 Å². The summed E-state index contributed by atoms with van der Waals surface area (Å²) in [6.07, 6.45) is 0. The summed E-state index contributed by atoms with van der Waals surface area (Å²) in [5.41, 5.74) is 0.447. The minimum absolute atomic E-state index is 0.0198.